The van der Waals surface area contributed by atoms with E-state index in [-0.39, 0.29) is 0 Å². The van der Waals surface area contributed by atoms with Crippen LogP contribution in [0.5, 0.6) is 0 Å². The fourth-order valence-electron chi connectivity index (χ4n) is 3.38. The summed E-state index contributed by atoms with van der Waals surface area (Å²) in [6, 6.07) is 6.82. The lowest BCUT2D eigenvalue weighted by molar-refractivity contribution is -0.0688. The molecule has 1 aliphatic carbocycles. The van der Waals surface area contributed by atoms with E-state index in [0.717, 1.165) is 30.7 Å². The highest BCUT2D eigenvalue weighted by atomic mass is 19.4. The highest BCUT2D eigenvalue weighted by molar-refractivity contribution is 6.02. The minimum absolute atomic E-state index is 0.293. The molecular formula is C17H19F3N2. The standard InChI is InChI=1S/C17H19F3N2/c1-3-4-9-22-11-16(12(2)21-22)10-15(17(18,19)20)13-7-5-6-8-14(13)16/h5-8,10H,3-4,9,11H2,1-2H3. The molecule has 0 saturated carbocycles. The SMILES string of the molecule is CCCCN1CC2(C=C(C(F)(F)F)c3ccccc32)C(C)=N1. The van der Waals surface area contributed by atoms with Gasteiger partial charge in [-0.3, -0.25) is 5.01 Å². The van der Waals surface area contributed by atoms with E-state index in [1.807, 2.05) is 11.9 Å². The van der Waals surface area contributed by atoms with Gasteiger partial charge in [-0.2, -0.15) is 18.3 Å². The third-order valence-electron chi connectivity index (χ3n) is 4.53. The summed E-state index contributed by atoms with van der Waals surface area (Å²) in [7, 11) is 0. The van der Waals surface area contributed by atoms with Gasteiger partial charge >= 0.3 is 6.18 Å². The van der Waals surface area contributed by atoms with Gasteiger partial charge in [-0.25, -0.2) is 0 Å². The summed E-state index contributed by atoms with van der Waals surface area (Å²) in [5, 5.41) is 6.42. The molecule has 0 aromatic heterocycles. The summed E-state index contributed by atoms with van der Waals surface area (Å²) in [4.78, 5) is 0. The third-order valence-corrected chi connectivity index (χ3v) is 4.53. The molecule has 2 aliphatic rings. The summed E-state index contributed by atoms with van der Waals surface area (Å²) in [5.74, 6) is 0. The Morgan fingerprint density at radius 1 is 1.27 bits per heavy atom. The summed E-state index contributed by atoms with van der Waals surface area (Å²) in [6.45, 7) is 5.20. The second kappa shape index (κ2) is 5.14. The molecule has 1 unspecified atom stereocenters. The number of benzene rings is 1. The largest absolute Gasteiger partial charge is 0.416 e. The Morgan fingerprint density at radius 2 is 2.00 bits per heavy atom. The number of nitrogens with zero attached hydrogens (tertiary/aromatic N) is 2. The number of alkyl halides is 3. The molecule has 1 atom stereocenters. The zero-order chi connectivity index (χ0) is 16.0. The molecule has 1 aliphatic heterocycles. The molecule has 1 aromatic carbocycles. The molecule has 5 heteroatoms. The Labute approximate surface area is 128 Å². The first-order valence-electron chi connectivity index (χ1n) is 7.59. The molecule has 0 saturated heterocycles. The van der Waals surface area contributed by atoms with Crippen LogP contribution < -0.4 is 0 Å². The second-order valence-corrected chi connectivity index (χ2v) is 6.00. The quantitative estimate of drug-likeness (QED) is 0.809. The van der Waals surface area contributed by atoms with Crippen LogP contribution in [0.4, 0.5) is 13.2 Å². The van der Waals surface area contributed by atoms with E-state index in [1.165, 1.54) is 6.08 Å². The van der Waals surface area contributed by atoms with E-state index in [0.29, 0.717) is 12.1 Å². The van der Waals surface area contributed by atoms with Crippen LogP contribution in [0.25, 0.3) is 5.57 Å². The zero-order valence-corrected chi connectivity index (χ0v) is 12.7. The predicted molar refractivity (Wildman–Crippen MR) is 81.7 cm³/mol. The van der Waals surface area contributed by atoms with Gasteiger partial charge in [0.05, 0.1) is 23.2 Å². The van der Waals surface area contributed by atoms with Crippen LogP contribution in [0.2, 0.25) is 0 Å². The Bertz CT molecular complexity index is 646. The molecule has 0 bridgehead atoms. The molecule has 22 heavy (non-hydrogen) atoms. The number of unbranched alkanes of at least 4 members (excludes halogenated alkanes) is 1. The van der Waals surface area contributed by atoms with Gasteiger partial charge in [0, 0.05) is 6.54 Å². The average Bonchev–Trinajstić information content (AvgIpc) is 2.97. The van der Waals surface area contributed by atoms with Crippen LogP contribution in [0.1, 0.15) is 37.8 Å². The minimum atomic E-state index is -4.34. The summed E-state index contributed by atoms with van der Waals surface area (Å²) < 4.78 is 40.1. The van der Waals surface area contributed by atoms with Crippen LogP contribution in [-0.2, 0) is 5.41 Å². The Morgan fingerprint density at radius 3 is 2.68 bits per heavy atom. The molecule has 2 nitrogen and oxygen atoms in total. The maximum absolute atomic E-state index is 13.4. The van der Waals surface area contributed by atoms with Crippen molar-refractivity contribution in [3.05, 3.63) is 41.5 Å². The highest BCUT2D eigenvalue weighted by Crippen LogP contribution is 2.49. The van der Waals surface area contributed by atoms with Crippen LogP contribution in [0.3, 0.4) is 0 Å². The van der Waals surface area contributed by atoms with Crippen molar-refractivity contribution >= 4 is 11.3 Å². The summed E-state index contributed by atoms with van der Waals surface area (Å²) >= 11 is 0. The second-order valence-electron chi connectivity index (χ2n) is 6.00. The number of rotatable bonds is 3. The van der Waals surface area contributed by atoms with Crippen molar-refractivity contribution in [3.8, 4) is 0 Å². The number of hydrogen-bond donors (Lipinski definition) is 0. The fraction of sp³-hybridized carbons (Fsp3) is 0.471. The van der Waals surface area contributed by atoms with Gasteiger partial charge in [0.1, 0.15) is 0 Å². The number of halogens is 3. The van der Waals surface area contributed by atoms with Crippen LogP contribution in [0.15, 0.2) is 35.4 Å². The lowest BCUT2D eigenvalue weighted by Gasteiger charge is -2.25. The monoisotopic (exact) mass is 308 g/mol. The van der Waals surface area contributed by atoms with Gasteiger partial charge in [0.15, 0.2) is 0 Å². The molecule has 0 radical (unpaired) electrons. The molecule has 0 amide bonds. The van der Waals surface area contributed by atoms with Crippen molar-refractivity contribution in [1.82, 2.24) is 5.01 Å². The summed E-state index contributed by atoms with van der Waals surface area (Å²) in [6.07, 6.45) is -0.929. The highest BCUT2D eigenvalue weighted by Gasteiger charge is 2.50. The van der Waals surface area contributed by atoms with E-state index in [4.69, 9.17) is 0 Å². The predicted octanol–water partition coefficient (Wildman–Crippen LogP) is 4.38. The van der Waals surface area contributed by atoms with Crippen LogP contribution in [0, 0.1) is 0 Å². The average molecular weight is 308 g/mol. The first-order valence-corrected chi connectivity index (χ1v) is 7.59. The molecule has 3 rings (SSSR count). The molecular weight excluding hydrogens is 289 g/mol. The number of allylic oxidation sites excluding steroid dienone is 1. The molecule has 1 spiro atoms. The number of hydrogen-bond acceptors (Lipinski definition) is 2. The van der Waals surface area contributed by atoms with Crippen molar-refractivity contribution < 1.29 is 13.2 Å². The molecule has 1 heterocycles. The first-order chi connectivity index (χ1) is 10.4. The van der Waals surface area contributed by atoms with E-state index in [2.05, 4.69) is 12.0 Å². The third kappa shape index (κ3) is 2.23. The summed E-state index contributed by atoms with van der Waals surface area (Å²) in [5.41, 5.74) is 0.504. The molecule has 0 N–H and O–H groups in total. The van der Waals surface area contributed by atoms with Crippen molar-refractivity contribution in [2.45, 2.75) is 38.3 Å². The maximum Gasteiger partial charge on any atom is 0.416 e. The Balaban J connectivity index is 2.05. The van der Waals surface area contributed by atoms with E-state index >= 15 is 0 Å². The first kappa shape index (κ1) is 15.1. The van der Waals surface area contributed by atoms with E-state index < -0.39 is 17.2 Å². The van der Waals surface area contributed by atoms with Gasteiger partial charge in [-0.1, -0.05) is 43.7 Å². The van der Waals surface area contributed by atoms with Gasteiger partial charge in [0.2, 0.25) is 0 Å². The topological polar surface area (TPSA) is 15.6 Å². The zero-order valence-electron chi connectivity index (χ0n) is 12.7. The maximum atomic E-state index is 13.4. The van der Waals surface area contributed by atoms with Crippen molar-refractivity contribution in [2.75, 3.05) is 13.1 Å². The van der Waals surface area contributed by atoms with E-state index in [1.54, 1.807) is 24.3 Å². The van der Waals surface area contributed by atoms with Crippen molar-refractivity contribution in [1.29, 1.82) is 0 Å². The number of fused-ring (bicyclic) bond motifs is 2. The Kier molecular flexibility index (Phi) is 3.54. The van der Waals surface area contributed by atoms with Gasteiger partial charge in [-0.05, 0) is 24.5 Å². The lowest BCUT2D eigenvalue weighted by Crippen LogP contribution is -2.34. The van der Waals surface area contributed by atoms with E-state index in [9.17, 15) is 13.2 Å². The lowest BCUT2D eigenvalue weighted by atomic mass is 9.79. The Hall–Kier alpha value is -1.78. The molecule has 118 valence electrons. The van der Waals surface area contributed by atoms with Crippen molar-refractivity contribution in [2.24, 2.45) is 5.10 Å². The van der Waals surface area contributed by atoms with Crippen molar-refractivity contribution in [3.63, 3.8) is 0 Å². The number of hydrazone groups is 1. The van der Waals surface area contributed by atoms with Gasteiger partial charge < -0.3 is 0 Å². The molecule has 1 aromatic rings. The van der Waals surface area contributed by atoms with Crippen LogP contribution in [-0.4, -0.2) is 30.0 Å². The smallest absolute Gasteiger partial charge is 0.295 e. The van der Waals surface area contributed by atoms with Crippen LogP contribution >= 0.6 is 0 Å². The fourth-order valence-corrected chi connectivity index (χ4v) is 3.38. The molecule has 0 fully saturated rings. The normalized spacial score (nSPS) is 23.8. The van der Waals surface area contributed by atoms with Gasteiger partial charge in [-0.15, -0.1) is 0 Å². The minimum Gasteiger partial charge on any atom is -0.295 e. The van der Waals surface area contributed by atoms with Gasteiger partial charge in [0.25, 0.3) is 0 Å².